The molecule has 0 radical (unpaired) electrons. The van der Waals surface area contributed by atoms with Gasteiger partial charge in [-0.3, -0.25) is 0 Å². The largest absolute Gasteiger partial charge is 0.492 e. The minimum Gasteiger partial charge on any atom is -0.445 e. The molecular formula is C31H32BNO4. The summed E-state index contributed by atoms with van der Waals surface area (Å²) in [4.78, 5) is 12.6. The van der Waals surface area contributed by atoms with Gasteiger partial charge in [-0.15, -0.1) is 0 Å². The Kier molecular flexibility index (Phi) is 6.80. The van der Waals surface area contributed by atoms with Crippen molar-refractivity contribution in [1.29, 1.82) is 0 Å². The number of benzene rings is 4. The molecule has 1 heterocycles. The van der Waals surface area contributed by atoms with E-state index in [9.17, 15) is 4.79 Å². The quantitative estimate of drug-likeness (QED) is 0.234. The molecule has 1 aliphatic heterocycles. The van der Waals surface area contributed by atoms with E-state index in [2.05, 4.69) is 41.7 Å². The van der Waals surface area contributed by atoms with Gasteiger partial charge in [-0.1, -0.05) is 84.9 Å². The van der Waals surface area contributed by atoms with Crippen LogP contribution in [0.2, 0.25) is 0 Å². The molecule has 1 fully saturated rings. The molecule has 0 aliphatic carbocycles. The van der Waals surface area contributed by atoms with E-state index in [-0.39, 0.29) is 13.2 Å². The number of nitrogens with one attached hydrogen (secondary N) is 1. The summed E-state index contributed by atoms with van der Waals surface area (Å²) in [5, 5.41) is 7.46. The van der Waals surface area contributed by atoms with Crippen molar-refractivity contribution in [2.75, 3.05) is 6.54 Å². The van der Waals surface area contributed by atoms with E-state index < -0.39 is 24.4 Å². The van der Waals surface area contributed by atoms with Crippen LogP contribution in [0.25, 0.3) is 27.6 Å². The van der Waals surface area contributed by atoms with Crippen molar-refractivity contribution in [3.63, 3.8) is 0 Å². The van der Waals surface area contributed by atoms with E-state index in [0.717, 1.165) is 38.1 Å². The summed E-state index contributed by atoms with van der Waals surface area (Å²) in [5.74, 6) is 0. The van der Waals surface area contributed by atoms with Crippen molar-refractivity contribution in [3.8, 4) is 0 Å². The number of rotatable bonds is 6. The van der Waals surface area contributed by atoms with Gasteiger partial charge in [-0.25, -0.2) is 4.79 Å². The topological polar surface area (TPSA) is 56.8 Å². The predicted molar refractivity (Wildman–Crippen MR) is 150 cm³/mol. The molecule has 0 unspecified atom stereocenters. The third kappa shape index (κ3) is 5.26. The predicted octanol–water partition coefficient (Wildman–Crippen LogP) is 6.93. The average Bonchev–Trinajstić information content (AvgIpc) is 3.11. The van der Waals surface area contributed by atoms with Crippen molar-refractivity contribution < 1.29 is 18.8 Å². The highest BCUT2D eigenvalue weighted by molar-refractivity contribution is 6.56. The van der Waals surface area contributed by atoms with Crippen LogP contribution in [0.3, 0.4) is 0 Å². The van der Waals surface area contributed by atoms with Crippen LogP contribution in [-0.4, -0.2) is 31.0 Å². The molecular weight excluding hydrogens is 461 g/mol. The molecule has 4 aromatic carbocycles. The number of hydrogen-bond donors (Lipinski definition) is 1. The van der Waals surface area contributed by atoms with Gasteiger partial charge in [0.25, 0.3) is 0 Å². The van der Waals surface area contributed by atoms with E-state index >= 15 is 0 Å². The highest BCUT2D eigenvalue weighted by atomic mass is 16.7. The molecule has 0 saturated carbocycles. The van der Waals surface area contributed by atoms with Gasteiger partial charge in [0.1, 0.15) is 6.61 Å². The monoisotopic (exact) mass is 493 g/mol. The fourth-order valence-electron chi connectivity index (χ4n) is 4.54. The average molecular weight is 493 g/mol. The van der Waals surface area contributed by atoms with E-state index in [0.29, 0.717) is 0 Å². The van der Waals surface area contributed by atoms with Gasteiger partial charge in [-0.05, 0) is 71.9 Å². The number of alkyl carbamates (subject to hydrolysis) is 1. The zero-order valence-corrected chi connectivity index (χ0v) is 21.8. The Hall–Kier alpha value is -3.61. The summed E-state index contributed by atoms with van der Waals surface area (Å²) < 4.78 is 18.3. The lowest BCUT2D eigenvalue weighted by Crippen LogP contribution is -2.41. The summed E-state index contributed by atoms with van der Waals surface area (Å²) >= 11 is 0. The van der Waals surface area contributed by atoms with Crippen LogP contribution < -0.4 is 5.32 Å². The summed E-state index contributed by atoms with van der Waals surface area (Å²) in [5.41, 5.74) is 1.80. The van der Waals surface area contributed by atoms with Crippen LogP contribution in [0.15, 0.2) is 90.4 Å². The standard InChI is InChI=1S/C31H32BNO4/c1-30(2)31(3,4)37-32(36-30)25(20-33-29(34)35-21-22-12-6-5-7-13-22)19-28-26-16-10-8-14-23(26)18-24-15-9-11-17-27(24)28/h5-19H,20-21H2,1-4H3,(H,33,34). The van der Waals surface area contributed by atoms with Crippen molar-refractivity contribution in [2.45, 2.75) is 45.5 Å². The smallest absolute Gasteiger partial charge is 0.445 e. The molecule has 1 N–H and O–H groups in total. The first-order valence-electron chi connectivity index (χ1n) is 12.6. The summed E-state index contributed by atoms with van der Waals surface area (Å²) in [7, 11) is -0.614. The first-order chi connectivity index (χ1) is 17.7. The van der Waals surface area contributed by atoms with Crippen LogP contribution in [0.5, 0.6) is 0 Å². The summed E-state index contributed by atoms with van der Waals surface area (Å²) in [6, 6.07) is 28.5. The van der Waals surface area contributed by atoms with Gasteiger partial charge < -0.3 is 19.4 Å². The van der Waals surface area contributed by atoms with Gasteiger partial charge >= 0.3 is 13.2 Å². The zero-order chi connectivity index (χ0) is 26.0. The number of fused-ring (bicyclic) bond motifs is 2. The van der Waals surface area contributed by atoms with Gasteiger partial charge in [-0.2, -0.15) is 0 Å². The SMILES string of the molecule is CC1(C)OB(C(=Cc2c3ccccc3cc3ccccc23)CNC(=O)OCc2ccccc2)OC1(C)C. The van der Waals surface area contributed by atoms with Crippen LogP contribution >= 0.6 is 0 Å². The number of ether oxygens (including phenoxy) is 1. The van der Waals surface area contributed by atoms with Gasteiger partial charge in [0, 0.05) is 6.54 Å². The van der Waals surface area contributed by atoms with Crippen LogP contribution in [0.4, 0.5) is 4.79 Å². The molecule has 4 aromatic rings. The Morgan fingerprint density at radius 3 is 1.97 bits per heavy atom. The number of carbonyl (C=O) groups excluding carboxylic acids is 1. The number of carbonyl (C=O) groups is 1. The van der Waals surface area contributed by atoms with Crippen molar-refractivity contribution in [2.24, 2.45) is 0 Å². The van der Waals surface area contributed by atoms with E-state index in [1.807, 2.05) is 82.3 Å². The fraction of sp³-hybridized carbons (Fsp3) is 0.258. The molecule has 5 rings (SSSR count). The molecule has 1 aliphatic rings. The second-order valence-electron chi connectivity index (χ2n) is 10.5. The minimum absolute atomic E-state index is 0.205. The maximum atomic E-state index is 12.6. The number of amides is 1. The lowest BCUT2D eigenvalue weighted by Gasteiger charge is -2.32. The first-order valence-corrected chi connectivity index (χ1v) is 12.6. The summed E-state index contributed by atoms with van der Waals surface area (Å²) in [6.45, 7) is 8.54. The molecule has 6 heteroatoms. The number of hydrogen-bond acceptors (Lipinski definition) is 4. The minimum atomic E-state index is -0.614. The fourth-order valence-corrected chi connectivity index (χ4v) is 4.54. The van der Waals surface area contributed by atoms with Gasteiger partial charge in [0.15, 0.2) is 0 Å². The lowest BCUT2D eigenvalue weighted by atomic mass is 9.76. The zero-order valence-electron chi connectivity index (χ0n) is 21.8. The van der Waals surface area contributed by atoms with Crippen LogP contribution in [0, 0.1) is 0 Å². The molecule has 0 aromatic heterocycles. The molecule has 0 spiro atoms. The second-order valence-corrected chi connectivity index (χ2v) is 10.5. The van der Waals surface area contributed by atoms with Crippen LogP contribution in [0.1, 0.15) is 38.8 Å². The maximum absolute atomic E-state index is 12.6. The second kappa shape index (κ2) is 10.0. The normalized spacial score (nSPS) is 16.8. The Balaban J connectivity index is 1.50. The Bertz CT molecular complexity index is 1390. The Morgan fingerprint density at radius 2 is 1.38 bits per heavy atom. The third-order valence-electron chi connectivity index (χ3n) is 7.35. The van der Waals surface area contributed by atoms with Crippen molar-refractivity contribution >= 4 is 40.8 Å². The lowest BCUT2D eigenvalue weighted by molar-refractivity contribution is 0.00578. The van der Waals surface area contributed by atoms with E-state index in [1.165, 1.54) is 0 Å². The molecule has 1 amide bonds. The Labute approximate surface area is 218 Å². The Morgan fingerprint density at radius 1 is 0.838 bits per heavy atom. The highest BCUT2D eigenvalue weighted by Crippen LogP contribution is 2.39. The van der Waals surface area contributed by atoms with Crippen molar-refractivity contribution in [1.82, 2.24) is 5.32 Å². The molecule has 5 nitrogen and oxygen atoms in total. The maximum Gasteiger partial charge on any atom is 0.492 e. The molecule has 1 saturated heterocycles. The van der Waals surface area contributed by atoms with E-state index in [1.54, 1.807) is 0 Å². The van der Waals surface area contributed by atoms with Gasteiger partial charge in [0.05, 0.1) is 11.2 Å². The third-order valence-corrected chi connectivity index (χ3v) is 7.35. The summed E-state index contributed by atoms with van der Waals surface area (Å²) in [6.07, 6.45) is 1.61. The first kappa shape index (κ1) is 25.1. The molecule has 188 valence electrons. The van der Waals surface area contributed by atoms with Crippen molar-refractivity contribution in [3.05, 3.63) is 102 Å². The molecule has 0 bridgehead atoms. The van der Waals surface area contributed by atoms with E-state index in [4.69, 9.17) is 14.0 Å². The van der Waals surface area contributed by atoms with Crippen LogP contribution in [-0.2, 0) is 20.7 Å². The highest BCUT2D eigenvalue weighted by Gasteiger charge is 2.52. The molecule has 0 atom stereocenters. The molecule has 37 heavy (non-hydrogen) atoms. The van der Waals surface area contributed by atoms with Gasteiger partial charge in [0.2, 0.25) is 0 Å².